The average molecular weight is 256 g/mol. The maximum absolute atomic E-state index is 9.47. The molecule has 0 saturated carbocycles. The maximum atomic E-state index is 9.47. The molecule has 0 amide bonds. The Hall–Kier alpha value is -0.120. The van der Waals surface area contributed by atoms with Gasteiger partial charge in [-0.15, -0.1) is 0 Å². The molecular formula is C15H32N2O. The van der Waals surface area contributed by atoms with E-state index in [9.17, 15) is 5.11 Å². The largest absolute Gasteiger partial charge is 0.394 e. The van der Waals surface area contributed by atoms with E-state index < -0.39 is 0 Å². The predicted molar refractivity (Wildman–Crippen MR) is 77.8 cm³/mol. The Morgan fingerprint density at radius 1 is 1.39 bits per heavy atom. The first-order valence-electron chi connectivity index (χ1n) is 7.62. The second kappa shape index (κ2) is 7.46. The van der Waals surface area contributed by atoms with Crippen molar-refractivity contribution >= 4 is 0 Å². The first-order valence-corrected chi connectivity index (χ1v) is 7.62. The molecule has 3 heteroatoms. The minimum atomic E-state index is -0.0978. The number of nitrogens with zero attached hydrogens (tertiary/aromatic N) is 1. The first-order chi connectivity index (χ1) is 8.52. The van der Waals surface area contributed by atoms with Crippen LogP contribution in [0.3, 0.4) is 0 Å². The number of hydrogen-bond acceptors (Lipinski definition) is 3. The van der Waals surface area contributed by atoms with Crippen molar-refractivity contribution in [3.63, 3.8) is 0 Å². The molecule has 3 nitrogen and oxygen atoms in total. The zero-order valence-electron chi connectivity index (χ0n) is 12.7. The van der Waals surface area contributed by atoms with E-state index in [0.717, 1.165) is 24.9 Å². The Kier molecular flexibility index (Phi) is 6.61. The number of rotatable bonds is 7. The fraction of sp³-hybridized carbons (Fsp3) is 1.00. The Balaban J connectivity index is 2.31. The van der Waals surface area contributed by atoms with Crippen LogP contribution in [0.15, 0.2) is 0 Å². The third kappa shape index (κ3) is 4.52. The van der Waals surface area contributed by atoms with Gasteiger partial charge < -0.3 is 15.3 Å². The van der Waals surface area contributed by atoms with Crippen LogP contribution in [-0.4, -0.2) is 47.8 Å². The van der Waals surface area contributed by atoms with Gasteiger partial charge in [-0.3, -0.25) is 0 Å². The molecule has 0 radical (unpaired) electrons. The summed E-state index contributed by atoms with van der Waals surface area (Å²) in [5.41, 5.74) is -0.0978. The molecule has 18 heavy (non-hydrogen) atoms. The monoisotopic (exact) mass is 256 g/mol. The van der Waals surface area contributed by atoms with Gasteiger partial charge in [0.25, 0.3) is 0 Å². The van der Waals surface area contributed by atoms with Gasteiger partial charge in [0.15, 0.2) is 0 Å². The first kappa shape index (κ1) is 15.9. The Morgan fingerprint density at radius 3 is 2.72 bits per heavy atom. The summed E-state index contributed by atoms with van der Waals surface area (Å²) in [4.78, 5) is 2.62. The number of aliphatic hydroxyl groups is 1. The average Bonchev–Trinajstić information content (AvgIpc) is 2.35. The SMILES string of the molecule is CCNC(C)(CO)CCCN1CCCC(C)C1C. The molecule has 3 atom stereocenters. The van der Waals surface area contributed by atoms with Gasteiger partial charge in [0.05, 0.1) is 6.61 Å². The van der Waals surface area contributed by atoms with Crippen LogP contribution in [0.25, 0.3) is 0 Å². The minimum Gasteiger partial charge on any atom is -0.394 e. The highest BCUT2D eigenvalue weighted by atomic mass is 16.3. The standard InChI is InChI=1S/C15H32N2O/c1-5-16-15(4,12-18)9-7-11-17-10-6-8-13(2)14(17)3/h13-14,16,18H,5-12H2,1-4H3. The number of nitrogens with one attached hydrogen (secondary N) is 1. The quantitative estimate of drug-likeness (QED) is 0.733. The van der Waals surface area contributed by atoms with Gasteiger partial charge in [-0.25, -0.2) is 0 Å². The van der Waals surface area contributed by atoms with Crippen molar-refractivity contribution in [2.24, 2.45) is 5.92 Å². The fourth-order valence-corrected chi connectivity index (χ4v) is 3.06. The molecular weight excluding hydrogens is 224 g/mol. The van der Waals surface area contributed by atoms with Crippen LogP contribution < -0.4 is 5.32 Å². The molecule has 3 unspecified atom stereocenters. The van der Waals surface area contributed by atoms with Crippen molar-refractivity contribution in [3.05, 3.63) is 0 Å². The minimum absolute atomic E-state index is 0.0978. The Morgan fingerprint density at radius 2 is 2.11 bits per heavy atom. The molecule has 1 heterocycles. The highest BCUT2D eigenvalue weighted by molar-refractivity contribution is 4.83. The summed E-state index contributed by atoms with van der Waals surface area (Å²) in [5, 5.41) is 12.9. The lowest BCUT2D eigenvalue weighted by molar-refractivity contribution is 0.102. The van der Waals surface area contributed by atoms with Gasteiger partial charge in [0, 0.05) is 11.6 Å². The summed E-state index contributed by atoms with van der Waals surface area (Å²) in [6, 6.07) is 0.721. The van der Waals surface area contributed by atoms with Crippen molar-refractivity contribution < 1.29 is 5.11 Å². The third-order valence-corrected chi connectivity index (χ3v) is 4.63. The summed E-state index contributed by atoms with van der Waals surface area (Å²) in [7, 11) is 0. The lowest BCUT2D eigenvalue weighted by atomic mass is 9.91. The van der Waals surface area contributed by atoms with Gasteiger partial charge in [-0.05, 0) is 65.1 Å². The van der Waals surface area contributed by atoms with Crippen LogP contribution in [0.4, 0.5) is 0 Å². The molecule has 1 saturated heterocycles. The Labute approximate surface area is 113 Å². The van der Waals surface area contributed by atoms with Crippen LogP contribution in [0.1, 0.15) is 53.4 Å². The maximum Gasteiger partial charge on any atom is 0.0610 e. The van der Waals surface area contributed by atoms with E-state index in [1.165, 1.54) is 32.4 Å². The predicted octanol–water partition coefficient (Wildman–Crippen LogP) is 2.25. The van der Waals surface area contributed by atoms with Crippen LogP contribution in [0.2, 0.25) is 0 Å². The fourth-order valence-electron chi connectivity index (χ4n) is 3.06. The summed E-state index contributed by atoms with van der Waals surface area (Å²) in [5.74, 6) is 0.830. The van der Waals surface area contributed by atoms with Crippen molar-refractivity contribution in [2.75, 3.05) is 26.2 Å². The van der Waals surface area contributed by atoms with Crippen molar-refractivity contribution in [1.82, 2.24) is 10.2 Å². The molecule has 0 aromatic rings. The summed E-state index contributed by atoms with van der Waals surface area (Å²) in [6.45, 7) is 12.5. The lowest BCUT2D eigenvalue weighted by Gasteiger charge is -2.38. The molecule has 0 aliphatic carbocycles. The van der Waals surface area contributed by atoms with E-state index in [4.69, 9.17) is 0 Å². The molecule has 0 bridgehead atoms. The van der Waals surface area contributed by atoms with Gasteiger partial charge in [0.2, 0.25) is 0 Å². The molecule has 1 fully saturated rings. The second-order valence-electron chi connectivity index (χ2n) is 6.25. The number of likely N-dealkylation sites (N-methyl/N-ethyl adjacent to an activating group) is 1. The van der Waals surface area contributed by atoms with E-state index in [0.29, 0.717) is 0 Å². The van der Waals surface area contributed by atoms with E-state index in [1.54, 1.807) is 0 Å². The molecule has 108 valence electrons. The van der Waals surface area contributed by atoms with Crippen molar-refractivity contribution in [2.45, 2.75) is 65.0 Å². The van der Waals surface area contributed by atoms with Crippen molar-refractivity contribution in [3.8, 4) is 0 Å². The van der Waals surface area contributed by atoms with Gasteiger partial charge in [0.1, 0.15) is 0 Å². The molecule has 0 aromatic heterocycles. The molecule has 0 spiro atoms. The smallest absolute Gasteiger partial charge is 0.0610 e. The molecule has 0 aromatic carbocycles. The number of aliphatic hydroxyl groups excluding tert-OH is 1. The van der Waals surface area contributed by atoms with Gasteiger partial charge >= 0.3 is 0 Å². The second-order valence-corrected chi connectivity index (χ2v) is 6.25. The zero-order valence-corrected chi connectivity index (χ0v) is 12.7. The highest BCUT2D eigenvalue weighted by Crippen LogP contribution is 2.23. The van der Waals surface area contributed by atoms with Crippen LogP contribution >= 0.6 is 0 Å². The van der Waals surface area contributed by atoms with E-state index >= 15 is 0 Å². The molecule has 1 aliphatic heterocycles. The number of hydrogen-bond donors (Lipinski definition) is 2. The topological polar surface area (TPSA) is 35.5 Å². The van der Waals surface area contributed by atoms with Crippen molar-refractivity contribution in [1.29, 1.82) is 0 Å². The summed E-state index contributed by atoms with van der Waals surface area (Å²) < 4.78 is 0. The molecule has 1 aliphatic rings. The molecule has 1 rings (SSSR count). The van der Waals surface area contributed by atoms with Crippen LogP contribution in [-0.2, 0) is 0 Å². The highest BCUT2D eigenvalue weighted by Gasteiger charge is 2.26. The van der Waals surface area contributed by atoms with Gasteiger partial charge in [-0.1, -0.05) is 13.8 Å². The number of likely N-dealkylation sites (tertiary alicyclic amines) is 1. The van der Waals surface area contributed by atoms with E-state index in [2.05, 4.69) is 37.9 Å². The summed E-state index contributed by atoms with van der Waals surface area (Å²) >= 11 is 0. The third-order valence-electron chi connectivity index (χ3n) is 4.63. The normalized spacial score (nSPS) is 29.2. The van der Waals surface area contributed by atoms with E-state index in [1.807, 2.05) is 0 Å². The lowest BCUT2D eigenvalue weighted by Crippen LogP contribution is -2.47. The number of piperidine rings is 1. The Bertz CT molecular complexity index is 235. The van der Waals surface area contributed by atoms with Crippen LogP contribution in [0.5, 0.6) is 0 Å². The van der Waals surface area contributed by atoms with Gasteiger partial charge in [-0.2, -0.15) is 0 Å². The summed E-state index contributed by atoms with van der Waals surface area (Å²) in [6.07, 6.45) is 4.94. The van der Waals surface area contributed by atoms with E-state index in [-0.39, 0.29) is 12.1 Å². The zero-order chi connectivity index (χ0) is 13.6. The van der Waals surface area contributed by atoms with Crippen LogP contribution in [0, 0.1) is 5.92 Å². The molecule has 2 N–H and O–H groups in total.